The fraction of sp³-hybridized carbons (Fsp3) is 0.583. The number of aromatic carboxylic acids is 1. The van der Waals surface area contributed by atoms with Crippen LogP contribution in [0.1, 0.15) is 35.5 Å². The molecule has 1 aromatic rings. The van der Waals surface area contributed by atoms with Crippen LogP contribution >= 0.6 is 23.1 Å². The molecule has 1 aliphatic heterocycles. The highest BCUT2D eigenvalue weighted by molar-refractivity contribution is 7.99. The summed E-state index contributed by atoms with van der Waals surface area (Å²) in [6.45, 7) is 4.02. The van der Waals surface area contributed by atoms with Gasteiger partial charge < -0.3 is 10.2 Å². The summed E-state index contributed by atoms with van der Waals surface area (Å²) in [5.41, 5.74) is -1.07. The topological polar surface area (TPSA) is 57.5 Å². The predicted octanol–water partition coefficient (Wildman–Crippen LogP) is 2.80. The summed E-state index contributed by atoms with van der Waals surface area (Å²) < 4.78 is 0. The summed E-state index contributed by atoms with van der Waals surface area (Å²) in [5, 5.41) is 21.8. The number of carbonyl (C=O) groups is 1. The van der Waals surface area contributed by atoms with E-state index in [1.54, 1.807) is 23.2 Å². The largest absolute Gasteiger partial charge is 0.478 e. The Morgan fingerprint density at radius 2 is 2.18 bits per heavy atom. The maximum atomic E-state index is 11.2. The molecule has 3 nitrogen and oxygen atoms in total. The molecule has 0 amide bonds. The molecule has 1 aromatic heterocycles. The quantitative estimate of drug-likeness (QED) is 0.869. The summed E-state index contributed by atoms with van der Waals surface area (Å²) in [7, 11) is 0. The normalized spacial score (nSPS) is 27.9. The van der Waals surface area contributed by atoms with E-state index in [4.69, 9.17) is 5.11 Å². The SMILES string of the molecule is CC1(C)CCSCC1(O)c1sccc1C(=O)O. The molecule has 0 saturated carbocycles. The number of hydrogen-bond donors (Lipinski definition) is 2. The van der Waals surface area contributed by atoms with E-state index >= 15 is 0 Å². The second kappa shape index (κ2) is 4.30. The van der Waals surface area contributed by atoms with Crippen LogP contribution in [0.25, 0.3) is 0 Å². The standard InChI is InChI=1S/C12H16O3S2/c1-11(2)4-6-16-7-12(11,15)9-8(10(13)14)3-5-17-9/h3,5,15H,4,6-7H2,1-2H3,(H,13,14). The van der Waals surface area contributed by atoms with Crippen LogP contribution in [-0.4, -0.2) is 27.7 Å². The zero-order valence-electron chi connectivity index (χ0n) is 9.90. The lowest BCUT2D eigenvalue weighted by Crippen LogP contribution is -2.47. The van der Waals surface area contributed by atoms with E-state index < -0.39 is 11.6 Å². The summed E-state index contributed by atoms with van der Waals surface area (Å²) in [5.74, 6) is 0.630. The highest BCUT2D eigenvalue weighted by Gasteiger charge is 2.49. The Labute approximate surface area is 109 Å². The van der Waals surface area contributed by atoms with Crippen LogP contribution in [0.2, 0.25) is 0 Å². The Balaban J connectivity index is 2.49. The Morgan fingerprint density at radius 1 is 1.47 bits per heavy atom. The van der Waals surface area contributed by atoms with Crippen molar-refractivity contribution >= 4 is 29.1 Å². The van der Waals surface area contributed by atoms with Crippen molar-refractivity contribution < 1.29 is 15.0 Å². The molecule has 17 heavy (non-hydrogen) atoms. The summed E-state index contributed by atoms with van der Waals surface area (Å²) >= 11 is 3.03. The van der Waals surface area contributed by atoms with Gasteiger partial charge in [-0.25, -0.2) is 4.79 Å². The smallest absolute Gasteiger partial charge is 0.336 e. The molecule has 0 radical (unpaired) electrons. The first kappa shape index (κ1) is 12.9. The average Bonchev–Trinajstić information content (AvgIpc) is 2.71. The van der Waals surface area contributed by atoms with Crippen LogP contribution in [0.15, 0.2) is 11.4 Å². The minimum absolute atomic E-state index is 0.244. The zero-order valence-corrected chi connectivity index (χ0v) is 11.5. The summed E-state index contributed by atoms with van der Waals surface area (Å²) in [6.07, 6.45) is 0.894. The van der Waals surface area contributed by atoms with E-state index in [1.807, 2.05) is 13.8 Å². The molecule has 5 heteroatoms. The number of thiophene rings is 1. The van der Waals surface area contributed by atoms with Crippen molar-refractivity contribution in [2.45, 2.75) is 25.9 Å². The van der Waals surface area contributed by atoms with Gasteiger partial charge in [-0.05, 0) is 23.6 Å². The molecule has 1 saturated heterocycles. The van der Waals surface area contributed by atoms with Crippen LogP contribution in [0.5, 0.6) is 0 Å². The Kier molecular flexibility index (Phi) is 3.27. The molecular formula is C12H16O3S2. The molecule has 0 spiro atoms. The maximum absolute atomic E-state index is 11.2. The Hall–Kier alpha value is -0.520. The van der Waals surface area contributed by atoms with Crippen LogP contribution < -0.4 is 0 Å². The van der Waals surface area contributed by atoms with Gasteiger partial charge in [0.05, 0.1) is 10.4 Å². The Morgan fingerprint density at radius 3 is 2.76 bits per heavy atom. The molecule has 94 valence electrons. The van der Waals surface area contributed by atoms with E-state index in [2.05, 4.69) is 0 Å². The third kappa shape index (κ3) is 2.00. The van der Waals surface area contributed by atoms with Gasteiger partial charge in [0.25, 0.3) is 0 Å². The van der Waals surface area contributed by atoms with Gasteiger partial charge in [-0.15, -0.1) is 11.3 Å². The van der Waals surface area contributed by atoms with E-state index in [0.29, 0.717) is 10.6 Å². The predicted molar refractivity (Wildman–Crippen MR) is 70.9 cm³/mol. The van der Waals surface area contributed by atoms with Gasteiger partial charge in [-0.1, -0.05) is 13.8 Å². The van der Waals surface area contributed by atoms with Gasteiger partial charge in [0.2, 0.25) is 0 Å². The third-order valence-corrected chi connectivity index (χ3v) is 5.75. The lowest BCUT2D eigenvalue weighted by atomic mass is 9.72. The summed E-state index contributed by atoms with van der Waals surface area (Å²) in [4.78, 5) is 11.8. The fourth-order valence-electron chi connectivity index (χ4n) is 2.12. The number of hydrogen-bond acceptors (Lipinski definition) is 4. The molecule has 0 aliphatic carbocycles. The molecule has 2 N–H and O–H groups in total. The number of thioether (sulfide) groups is 1. The number of carboxylic acids is 1. The summed E-state index contributed by atoms with van der Waals surface area (Å²) in [6, 6.07) is 1.58. The van der Waals surface area contributed by atoms with Crippen molar-refractivity contribution in [1.29, 1.82) is 0 Å². The molecule has 2 heterocycles. The highest BCUT2D eigenvalue weighted by Crippen LogP contribution is 2.50. The van der Waals surface area contributed by atoms with Crippen LogP contribution in [0, 0.1) is 5.41 Å². The minimum Gasteiger partial charge on any atom is -0.478 e. The third-order valence-electron chi connectivity index (χ3n) is 3.57. The molecule has 1 fully saturated rings. The van der Waals surface area contributed by atoms with Gasteiger partial charge in [-0.2, -0.15) is 11.8 Å². The van der Waals surface area contributed by atoms with Gasteiger partial charge in [0.1, 0.15) is 5.60 Å². The van der Waals surface area contributed by atoms with E-state index in [9.17, 15) is 9.90 Å². The van der Waals surface area contributed by atoms with Crippen molar-refractivity contribution in [2.75, 3.05) is 11.5 Å². The zero-order chi connectivity index (χ0) is 12.7. The van der Waals surface area contributed by atoms with Crippen molar-refractivity contribution in [3.8, 4) is 0 Å². The molecule has 2 rings (SSSR count). The van der Waals surface area contributed by atoms with Crippen molar-refractivity contribution in [2.24, 2.45) is 5.41 Å². The van der Waals surface area contributed by atoms with E-state index in [-0.39, 0.29) is 11.0 Å². The highest BCUT2D eigenvalue weighted by atomic mass is 32.2. The van der Waals surface area contributed by atoms with Crippen molar-refractivity contribution in [3.05, 3.63) is 21.9 Å². The molecule has 0 bridgehead atoms. The first-order chi connectivity index (χ1) is 7.88. The molecule has 0 aromatic carbocycles. The van der Waals surface area contributed by atoms with Crippen molar-refractivity contribution in [1.82, 2.24) is 0 Å². The second-order valence-corrected chi connectivity index (χ2v) is 7.04. The van der Waals surface area contributed by atoms with Crippen LogP contribution in [-0.2, 0) is 5.60 Å². The Bertz CT molecular complexity index is 439. The number of aliphatic hydroxyl groups is 1. The van der Waals surface area contributed by atoms with Gasteiger partial charge in [0, 0.05) is 11.2 Å². The second-order valence-electron chi connectivity index (χ2n) is 5.02. The molecule has 1 atom stereocenters. The fourth-order valence-corrected chi connectivity index (χ4v) is 5.01. The van der Waals surface area contributed by atoms with Gasteiger partial charge in [0.15, 0.2) is 0 Å². The first-order valence-electron chi connectivity index (χ1n) is 5.50. The molecule has 1 aliphatic rings. The van der Waals surface area contributed by atoms with Crippen LogP contribution in [0.3, 0.4) is 0 Å². The average molecular weight is 272 g/mol. The number of rotatable bonds is 2. The van der Waals surface area contributed by atoms with E-state index in [1.165, 1.54) is 11.3 Å². The van der Waals surface area contributed by atoms with Crippen molar-refractivity contribution in [3.63, 3.8) is 0 Å². The lowest BCUT2D eigenvalue weighted by Gasteiger charge is -2.45. The molecular weight excluding hydrogens is 256 g/mol. The number of carboxylic acid groups (broad SMARTS) is 1. The van der Waals surface area contributed by atoms with Gasteiger partial charge >= 0.3 is 5.97 Å². The lowest BCUT2D eigenvalue weighted by molar-refractivity contribution is -0.0554. The maximum Gasteiger partial charge on any atom is 0.336 e. The van der Waals surface area contributed by atoms with E-state index in [0.717, 1.165) is 12.2 Å². The monoisotopic (exact) mass is 272 g/mol. The van der Waals surface area contributed by atoms with Crippen LogP contribution in [0.4, 0.5) is 0 Å². The first-order valence-corrected chi connectivity index (χ1v) is 7.53. The minimum atomic E-state index is -1.03. The van der Waals surface area contributed by atoms with Gasteiger partial charge in [-0.3, -0.25) is 0 Å². The molecule has 1 unspecified atom stereocenters.